The van der Waals surface area contributed by atoms with Gasteiger partial charge in [-0.3, -0.25) is 4.79 Å². The number of fused-ring (bicyclic) bond motifs is 1. The Hall–Kier alpha value is -1.69. The number of anilines is 1. The summed E-state index contributed by atoms with van der Waals surface area (Å²) in [5, 5.41) is 5.92. The van der Waals surface area contributed by atoms with Crippen LogP contribution in [0.15, 0.2) is 17.8 Å². The van der Waals surface area contributed by atoms with Crippen LogP contribution in [0, 0.1) is 0 Å². The zero-order valence-electron chi connectivity index (χ0n) is 11.4. The van der Waals surface area contributed by atoms with Gasteiger partial charge in [-0.25, -0.2) is 9.97 Å². The summed E-state index contributed by atoms with van der Waals surface area (Å²) in [6, 6.07) is 2.36. The zero-order valence-corrected chi connectivity index (χ0v) is 12.2. The van der Waals surface area contributed by atoms with Crippen LogP contribution in [0.25, 0.3) is 10.2 Å². The van der Waals surface area contributed by atoms with Gasteiger partial charge < -0.3 is 10.2 Å². The van der Waals surface area contributed by atoms with E-state index in [4.69, 9.17) is 0 Å². The van der Waals surface area contributed by atoms with Gasteiger partial charge in [-0.15, -0.1) is 11.3 Å². The second-order valence-electron chi connectivity index (χ2n) is 4.61. The second kappa shape index (κ2) is 5.97. The van der Waals surface area contributed by atoms with Crippen molar-refractivity contribution in [1.82, 2.24) is 15.3 Å². The molecular formula is C13H18N4OS. The van der Waals surface area contributed by atoms with E-state index in [9.17, 15) is 4.79 Å². The highest BCUT2D eigenvalue weighted by Crippen LogP contribution is 2.27. The SMILES string of the molecule is CC(=O)NCCN(c1ncnc2sccc12)C(C)C. The molecule has 0 bridgehead atoms. The first-order chi connectivity index (χ1) is 9.09. The van der Waals surface area contributed by atoms with Crippen LogP contribution in [0.1, 0.15) is 20.8 Å². The van der Waals surface area contributed by atoms with Crippen LogP contribution in [-0.4, -0.2) is 35.0 Å². The molecule has 1 amide bonds. The van der Waals surface area contributed by atoms with Gasteiger partial charge >= 0.3 is 0 Å². The Balaban J connectivity index is 2.23. The number of carbonyl (C=O) groups is 1. The molecule has 19 heavy (non-hydrogen) atoms. The van der Waals surface area contributed by atoms with Gasteiger partial charge in [0.25, 0.3) is 0 Å². The van der Waals surface area contributed by atoms with E-state index >= 15 is 0 Å². The van der Waals surface area contributed by atoms with E-state index in [1.807, 2.05) is 11.4 Å². The van der Waals surface area contributed by atoms with Gasteiger partial charge in [-0.05, 0) is 25.3 Å². The van der Waals surface area contributed by atoms with Gasteiger partial charge in [0, 0.05) is 26.1 Å². The van der Waals surface area contributed by atoms with Crippen molar-refractivity contribution in [2.75, 3.05) is 18.0 Å². The largest absolute Gasteiger partial charge is 0.355 e. The monoisotopic (exact) mass is 278 g/mol. The maximum atomic E-state index is 10.9. The molecular weight excluding hydrogens is 260 g/mol. The van der Waals surface area contributed by atoms with Crippen molar-refractivity contribution in [2.45, 2.75) is 26.8 Å². The number of hydrogen-bond donors (Lipinski definition) is 1. The lowest BCUT2D eigenvalue weighted by Crippen LogP contribution is -2.38. The number of nitrogens with zero attached hydrogens (tertiary/aromatic N) is 3. The summed E-state index contributed by atoms with van der Waals surface area (Å²) in [5.74, 6) is 0.929. The molecule has 0 saturated heterocycles. The molecule has 6 heteroatoms. The van der Waals surface area contributed by atoms with Gasteiger partial charge in [-0.2, -0.15) is 0 Å². The highest BCUT2D eigenvalue weighted by atomic mass is 32.1. The lowest BCUT2D eigenvalue weighted by atomic mass is 10.2. The van der Waals surface area contributed by atoms with Crippen LogP contribution in [-0.2, 0) is 4.79 Å². The molecule has 0 spiro atoms. The van der Waals surface area contributed by atoms with Gasteiger partial charge in [0.2, 0.25) is 5.91 Å². The molecule has 102 valence electrons. The molecule has 0 unspecified atom stereocenters. The number of nitrogens with one attached hydrogen (secondary N) is 1. The van der Waals surface area contributed by atoms with Gasteiger partial charge in [0.1, 0.15) is 17.0 Å². The molecule has 0 fully saturated rings. The fraction of sp³-hybridized carbons (Fsp3) is 0.462. The summed E-state index contributed by atoms with van der Waals surface area (Å²) in [5.41, 5.74) is 0. The topological polar surface area (TPSA) is 58.1 Å². The Morgan fingerprint density at radius 1 is 1.47 bits per heavy atom. The van der Waals surface area contributed by atoms with E-state index in [0.29, 0.717) is 12.6 Å². The molecule has 5 nitrogen and oxygen atoms in total. The first-order valence-corrected chi connectivity index (χ1v) is 7.17. The Bertz CT molecular complexity index is 567. The number of amides is 1. The third-order valence-corrected chi connectivity index (χ3v) is 3.68. The number of carbonyl (C=O) groups excluding carboxylic acids is 1. The van der Waals surface area contributed by atoms with Gasteiger partial charge in [0.15, 0.2) is 0 Å². The maximum Gasteiger partial charge on any atom is 0.216 e. The maximum absolute atomic E-state index is 10.9. The average Bonchev–Trinajstić information content (AvgIpc) is 2.82. The van der Waals surface area contributed by atoms with Gasteiger partial charge in [0.05, 0.1) is 5.39 Å². The lowest BCUT2D eigenvalue weighted by molar-refractivity contribution is -0.118. The molecule has 2 heterocycles. The Kier molecular flexibility index (Phi) is 4.31. The summed E-state index contributed by atoms with van der Waals surface area (Å²) in [6.07, 6.45) is 1.60. The summed E-state index contributed by atoms with van der Waals surface area (Å²) in [7, 11) is 0. The molecule has 2 aromatic rings. The molecule has 0 atom stereocenters. The van der Waals surface area contributed by atoms with Crippen LogP contribution in [0.5, 0.6) is 0 Å². The zero-order chi connectivity index (χ0) is 13.8. The predicted molar refractivity (Wildman–Crippen MR) is 78.6 cm³/mol. The van der Waals surface area contributed by atoms with Crippen molar-refractivity contribution in [3.8, 4) is 0 Å². The predicted octanol–water partition coefficient (Wildman–Crippen LogP) is 2.04. The number of aromatic nitrogens is 2. The molecule has 0 radical (unpaired) electrons. The lowest BCUT2D eigenvalue weighted by Gasteiger charge is -2.28. The summed E-state index contributed by atoms with van der Waals surface area (Å²) in [4.78, 5) is 22.8. The summed E-state index contributed by atoms with van der Waals surface area (Å²) in [6.45, 7) is 7.12. The molecule has 0 saturated carbocycles. The minimum absolute atomic E-state index is 0.00734. The highest BCUT2D eigenvalue weighted by Gasteiger charge is 2.15. The smallest absolute Gasteiger partial charge is 0.216 e. The minimum atomic E-state index is -0.00734. The van der Waals surface area contributed by atoms with Crippen LogP contribution in [0.3, 0.4) is 0 Å². The Labute approximate surface area is 116 Å². The van der Waals surface area contributed by atoms with Crippen molar-refractivity contribution in [2.24, 2.45) is 0 Å². The summed E-state index contributed by atoms with van der Waals surface area (Å²) < 4.78 is 0. The van der Waals surface area contributed by atoms with E-state index in [0.717, 1.165) is 22.6 Å². The molecule has 2 aromatic heterocycles. The van der Waals surface area contributed by atoms with E-state index < -0.39 is 0 Å². The quantitative estimate of drug-likeness (QED) is 0.909. The normalized spacial score (nSPS) is 10.9. The molecule has 0 aliphatic carbocycles. The fourth-order valence-corrected chi connectivity index (χ4v) is 2.69. The Morgan fingerprint density at radius 3 is 2.95 bits per heavy atom. The number of hydrogen-bond acceptors (Lipinski definition) is 5. The van der Waals surface area contributed by atoms with Crippen molar-refractivity contribution < 1.29 is 4.79 Å². The number of thiophene rings is 1. The van der Waals surface area contributed by atoms with E-state index in [1.165, 1.54) is 6.92 Å². The number of rotatable bonds is 5. The molecule has 0 aromatic carbocycles. The van der Waals surface area contributed by atoms with E-state index in [-0.39, 0.29) is 5.91 Å². The third kappa shape index (κ3) is 3.20. The molecule has 2 rings (SSSR count). The van der Waals surface area contributed by atoms with Crippen LogP contribution in [0.4, 0.5) is 5.82 Å². The van der Waals surface area contributed by atoms with Crippen molar-refractivity contribution in [3.63, 3.8) is 0 Å². The minimum Gasteiger partial charge on any atom is -0.355 e. The molecule has 0 aliphatic rings. The van der Waals surface area contributed by atoms with Crippen LogP contribution < -0.4 is 10.2 Å². The van der Waals surface area contributed by atoms with Crippen molar-refractivity contribution >= 4 is 33.3 Å². The first-order valence-electron chi connectivity index (χ1n) is 6.29. The third-order valence-electron chi connectivity index (χ3n) is 2.86. The standard InChI is InChI=1S/C13H18N4OS/c1-9(2)17(6-5-14-10(3)18)12-11-4-7-19-13(11)16-8-15-12/h4,7-9H,5-6H2,1-3H3,(H,14,18). The van der Waals surface area contributed by atoms with Crippen molar-refractivity contribution in [3.05, 3.63) is 17.8 Å². The second-order valence-corrected chi connectivity index (χ2v) is 5.50. The highest BCUT2D eigenvalue weighted by molar-refractivity contribution is 7.16. The van der Waals surface area contributed by atoms with Crippen LogP contribution in [0.2, 0.25) is 0 Å². The first kappa shape index (κ1) is 13.7. The molecule has 1 N–H and O–H groups in total. The van der Waals surface area contributed by atoms with Gasteiger partial charge in [-0.1, -0.05) is 0 Å². The molecule has 0 aliphatic heterocycles. The average molecular weight is 278 g/mol. The van der Waals surface area contributed by atoms with Crippen molar-refractivity contribution in [1.29, 1.82) is 0 Å². The fourth-order valence-electron chi connectivity index (χ4n) is 1.97. The van der Waals surface area contributed by atoms with E-state index in [1.54, 1.807) is 17.7 Å². The van der Waals surface area contributed by atoms with Crippen LogP contribution >= 0.6 is 11.3 Å². The Morgan fingerprint density at radius 2 is 2.26 bits per heavy atom. The van der Waals surface area contributed by atoms with E-state index in [2.05, 4.69) is 34.0 Å². The summed E-state index contributed by atoms with van der Waals surface area (Å²) >= 11 is 1.61.